The summed E-state index contributed by atoms with van der Waals surface area (Å²) in [4.78, 5) is 26.0. The van der Waals surface area contributed by atoms with Crippen LogP contribution in [0.25, 0.3) is 10.9 Å². The molecule has 6 nitrogen and oxygen atoms in total. The first kappa shape index (κ1) is 18.3. The lowest BCUT2D eigenvalue weighted by Gasteiger charge is -2.17. The molecule has 0 aliphatic heterocycles. The van der Waals surface area contributed by atoms with Crippen LogP contribution in [0.3, 0.4) is 0 Å². The maximum atomic E-state index is 12.5. The van der Waals surface area contributed by atoms with Crippen LogP contribution in [0.2, 0.25) is 0 Å². The highest BCUT2D eigenvalue weighted by Gasteiger charge is 2.41. The molecule has 9 heteroatoms. The number of carbonyl (C=O) groups is 2. The molecular formula is C16H14F3N3O3. The Bertz CT molecular complexity index is 823. The van der Waals surface area contributed by atoms with E-state index < -0.39 is 36.4 Å². The van der Waals surface area contributed by atoms with Gasteiger partial charge in [-0.1, -0.05) is 18.2 Å². The van der Waals surface area contributed by atoms with E-state index in [4.69, 9.17) is 5.26 Å². The lowest BCUT2D eigenvalue weighted by Crippen LogP contribution is -2.43. The van der Waals surface area contributed by atoms with Crippen molar-refractivity contribution in [1.82, 2.24) is 10.3 Å². The smallest absolute Gasteiger partial charge is 0.404 e. The van der Waals surface area contributed by atoms with Gasteiger partial charge in [0.15, 0.2) is 5.92 Å². The van der Waals surface area contributed by atoms with Gasteiger partial charge in [0.25, 0.3) is 0 Å². The van der Waals surface area contributed by atoms with E-state index in [0.29, 0.717) is 5.56 Å². The topological polar surface area (TPSA) is 106 Å². The number of aromatic amines is 1. The van der Waals surface area contributed by atoms with Gasteiger partial charge in [0.2, 0.25) is 5.91 Å². The predicted molar refractivity (Wildman–Crippen MR) is 81.3 cm³/mol. The van der Waals surface area contributed by atoms with Crippen molar-refractivity contribution in [2.24, 2.45) is 5.92 Å². The SMILES string of the molecule is N#CC(CC(=O)NC(Cc1c[nH]c2ccccc12)C(=O)O)C(F)(F)F. The first-order valence-electron chi connectivity index (χ1n) is 7.26. The second-order valence-electron chi connectivity index (χ2n) is 5.45. The molecule has 1 heterocycles. The van der Waals surface area contributed by atoms with Gasteiger partial charge in [-0.25, -0.2) is 4.79 Å². The quantitative estimate of drug-likeness (QED) is 0.741. The average molecular weight is 353 g/mol. The first-order chi connectivity index (χ1) is 11.7. The van der Waals surface area contributed by atoms with Gasteiger partial charge < -0.3 is 15.4 Å². The summed E-state index contributed by atoms with van der Waals surface area (Å²) in [6.45, 7) is 0. The number of carbonyl (C=O) groups excluding carboxylic acids is 1. The molecule has 1 aromatic carbocycles. The maximum absolute atomic E-state index is 12.5. The number of amides is 1. The second-order valence-corrected chi connectivity index (χ2v) is 5.45. The molecule has 1 amide bonds. The van der Waals surface area contributed by atoms with Crippen molar-refractivity contribution in [2.75, 3.05) is 0 Å². The minimum Gasteiger partial charge on any atom is -0.480 e. The molecule has 25 heavy (non-hydrogen) atoms. The molecule has 0 saturated carbocycles. The van der Waals surface area contributed by atoms with Crippen LogP contribution in [-0.4, -0.2) is 34.2 Å². The fourth-order valence-corrected chi connectivity index (χ4v) is 2.39. The molecule has 0 spiro atoms. The van der Waals surface area contributed by atoms with Gasteiger partial charge in [-0.15, -0.1) is 0 Å². The monoisotopic (exact) mass is 353 g/mol. The van der Waals surface area contributed by atoms with Gasteiger partial charge in [-0.2, -0.15) is 18.4 Å². The number of nitrogens with zero attached hydrogens (tertiary/aromatic N) is 1. The van der Waals surface area contributed by atoms with E-state index in [0.717, 1.165) is 17.0 Å². The van der Waals surface area contributed by atoms with E-state index in [-0.39, 0.29) is 6.42 Å². The average Bonchev–Trinajstić information content (AvgIpc) is 2.94. The van der Waals surface area contributed by atoms with Crippen LogP contribution < -0.4 is 5.32 Å². The van der Waals surface area contributed by atoms with Crippen LogP contribution in [0.15, 0.2) is 30.5 Å². The van der Waals surface area contributed by atoms with Crippen molar-refractivity contribution in [1.29, 1.82) is 5.26 Å². The zero-order valence-corrected chi connectivity index (χ0v) is 12.8. The Kier molecular flexibility index (Phi) is 5.32. The predicted octanol–water partition coefficient (Wildman–Crippen LogP) is 2.37. The second kappa shape index (κ2) is 7.25. The maximum Gasteiger partial charge on any atom is 0.404 e. The molecule has 132 valence electrons. The number of fused-ring (bicyclic) bond motifs is 1. The van der Waals surface area contributed by atoms with Crippen molar-refractivity contribution in [3.8, 4) is 6.07 Å². The number of aliphatic carboxylic acids is 1. The van der Waals surface area contributed by atoms with Gasteiger partial charge in [0.1, 0.15) is 6.04 Å². The van der Waals surface area contributed by atoms with E-state index in [1.807, 2.05) is 0 Å². The van der Waals surface area contributed by atoms with Crippen molar-refractivity contribution < 1.29 is 27.9 Å². The number of para-hydroxylation sites is 1. The summed E-state index contributed by atoms with van der Waals surface area (Å²) in [7, 11) is 0. The lowest BCUT2D eigenvalue weighted by atomic mass is 10.0. The van der Waals surface area contributed by atoms with Crippen LogP contribution in [0.1, 0.15) is 12.0 Å². The summed E-state index contributed by atoms with van der Waals surface area (Å²) in [6, 6.07) is 6.70. The van der Waals surface area contributed by atoms with Gasteiger partial charge in [-0.05, 0) is 11.6 Å². The number of benzene rings is 1. The summed E-state index contributed by atoms with van der Waals surface area (Å²) < 4.78 is 37.6. The molecule has 2 unspecified atom stereocenters. The zero-order chi connectivity index (χ0) is 18.6. The standard InChI is InChI=1S/C16H14F3N3O3/c17-16(18,19)10(7-20)6-14(23)22-13(15(24)25)5-9-8-21-12-4-2-1-3-11(9)12/h1-4,8,10,13,21H,5-6H2,(H,22,23)(H,24,25). The Morgan fingerprint density at radius 3 is 2.60 bits per heavy atom. The largest absolute Gasteiger partial charge is 0.480 e. The normalized spacial score (nSPS) is 13.8. The Morgan fingerprint density at radius 1 is 1.32 bits per heavy atom. The van der Waals surface area contributed by atoms with Gasteiger partial charge in [0, 0.05) is 23.5 Å². The molecular weight excluding hydrogens is 339 g/mol. The number of H-pyrrole nitrogens is 1. The van der Waals surface area contributed by atoms with E-state index in [1.165, 1.54) is 0 Å². The van der Waals surface area contributed by atoms with E-state index in [9.17, 15) is 27.9 Å². The van der Waals surface area contributed by atoms with Gasteiger partial charge in [0.05, 0.1) is 12.5 Å². The third-order valence-electron chi connectivity index (χ3n) is 3.67. The molecule has 2 aromatic rings. The molecule has 2 rings (SSSR count). The number of halogens is 3. The zero-order valence-electron chi connectivity index (χ0n) is 12.8. The van der Waals surface area contributed by atoms with E-state index in [1.54, 1.807) is 30.5 Å². The van der Waals surface area contributed by atoms with Crippen molar-refractivity contribution in [3.63, 3.8) is 0 Å². The molecule has 0 saturated heterocycles. The molecule has 0 aliphatic rings. The van der Waals surface area contributed by atoms with Crippen LogP contribution in [0, 0.1) is 17.2 Å². The van der Waals surface area contributed by atoms with Crippen LogP contribution >= 0.6 is 0 Å². The van der Waals surface area contributed by atoms with E-state index >= 15 is 0 Å². The molecule has 0 bridgehead atoms. The van der Waals surface area contributed by atoms with Crippen molar-refractivity contribution >= 4 is 22.8 Å². The number of nitrogens with one attached hydrogen (secondary N) is 2. The minimum absolute atomic E-state index is 0.103. The Labute approximate surface area is 140 Å². The van der Waals surface area contributed by atoms with Gasteiger partial charge in [-0.3, -0.25) is 4.79 Å². The third-order valence-corrected chi connectivity index (χ3v) is 3.67. The van der Waals surface area contributed by atoms with Crippen molar-refractivity contribution in [2.45, 2.75) is 25.1 Å². The number of carboxylic acid groups (broad SMARTS) is 1. The van der Waals surface area contributed by atoms with Crippen LogP contribution in [-0.2, 0) is 16.0 Å². The summed E-state index contributed by atoms with van der Waals surface area (Å²) in [6.07, 6.45) is -4.51. The summed E-state index contributed by atoms with van der Waals surface area (Å²) in [5, 5.41) is 20.6. The van der Waals surface area contributed by atoms with Gasteiger partial charge >= 0.3 is 12.1 Å². The highest BCUT2D eigenvalue weighted by molar-refractivity contribution is 5.86. The molecule has 0 radical (unpaired) electrons. The molecule has 1 aromatic heterocycles. The first-order valence-corrected chi connectivity index (χ1v) is 7.26. The number of carboxylic acids is 1. The lowest BCUT2D eigenvalue weighted by molar-refractivity contribution is -0.165. The number of hydrogen-bond acceptors (Lipinski definition) is 3. The molecule has 2 atom stereocenters. The Morgan fingerprint density at radius 2 is 2.00 bits per heavy atom. The number of nitriles is 1. The molecule has 0 fully saturated rings. The summed E-state index contributed by atoms with van der Waals surface area (Å²) >= 11 is 0. The number of hydrogen-bond donors (Lipinski definition) is 3. The molecule has 0 aliphatic carbocycles. The third kappa shape index (κ3) is 4.50. The number of rotatable bonds is 6. The van der Waals surface area contributed by atoms with Crippen LogP contribution in [0.4, 0.5) is 13.2 Å². The van der Waals surface area contributed by atoms with Crippen molar-refractivity contribution in [3.05, 3.63) is 36.0 Å². The fraction of sp³-hybridized carbons (Fsp3) is 0.312. The summed E-state index contributed by atoms with van der Waals surface area (Å²) in [5.41, 5.74) is 1.38. The highest BCUT2D eigenvalue weighted by atomic mass is 19.4. The van der Waals surface area contributed by atoms with Crippen LogP contribution in [0.5, 0.6) is 0 Å². The number of aromatic nitrogens is 1. The fourth-order valence-electron chi connectivity index (χ4n) is 2.39. The van der Waals surface area contributed by atoms with E-state index in [2.05, 4.69) is 10.3 Å². The molecule has 3 N–H and O–H groups in total. The summed E-state index contributed by atoms with van der Waals surface area (Å²) in [5.74, 6) is -5.00. The number of alkyl halides is 3. The minimum atomic E-state index is -4.85. The highest BCUT2D eigenvalue weighted by Crippen LogP contribution is 2.28. The Hall–Kier alpha value is -3.02. The Balaban J connectivity index is 2.10.